The van der Waals surface area contributed by atoms with Gasteiger partial charge in [-0.1, -0.05) is 24.3 Å². The monoisotopic (exact) mass is 275 g/mol. The van der Waals surface area contributed by atoms with Gasteiger partial charge >= 0.3 is 0 Å². The van der Waals surface area contributed by atoms with Crippen molar-refractivity contribution in [3.63, 3.8) is 0 Å². The molecule has 0 spiro atoms. The van der Waals surface area contributed by atoms with Crippen molar-refractivity contribution in [3.8, 4) is 0 Å². The van der Waals surface area contributed by atoms with Crippen LogP contribution < -0.4 is 5.73 Å². The Balaban J connectivity index is 2.01. The molecule has 0 bridgehead atoms. The molecule has 3 rings (SSSR count). The van der Waals surface area contributed by atoms with E-state index in [-0.39, 0.29) is 11.5 Å². The van der Waals surface area contributed by atoms with Crippen molar-refractivity contribution in [1.82, 2.24) is 0 Å². The summed E-state index contributed by atoms with van der Waals surface area (Å²) in [5.74, 6) is 0. The summed E-state index contributed by atoms with van der Waals surface area (Å²) >= 11 is 0. The number of aliphatic hydroxyl groups is 1. The summed E-state index contributed by atoms with van der Waals surface area (Å²) in [6.07, 6.45) is 5.72. The van der Waals surface area contributed by atoms with E-state index in [1.165, 1.54) is 11.1 Å². The number of rotatable bonds is 3. The van der Waals surface area contributed by atoms with E-state index in [0.717, 1.165) is 32.1 Å². The van der Waals surface area contributed by atoms with Crippen LogP contribution in [0.3, 0.4) is 0 Å². The number of hydrogen-bond acceptors (Lipinski definition) is 3. The molecule has 0 amide bonds. The van der Waals surface area contributed by atoms with Crippen molar-refractivity contribution in [3.05, 3.63) is 35.4 Å². The van der Waals surface area contributed by atoms with E-state index in [1.807, 2.05) is 0 Å². The van der Waals surface area contributed by atoms with Gasteiger partial charge in [0.2, 0.25) is 0 Å². The Labute approximate surface area is 121 Å². The maximum Gasteiger partial charge on any atom is 0.0780 e. The van der Waals surface area contributed by atoms with Crippen molar-refractivity contribution in [2.45, 2.75) is 55.6 Å². The van der Waals surface area contributed by atoms with Gasteiger partial charge in [-0.25, -0.2) is 0 Å². The first-order valence-electron chi connectivity index (χ1n) is 7.69. The van der Waals surface area contributed by atoms with Crippen LogP contribution in [0, 0.1) is 0 Å². The summed E-state index contributed by atoms with van der Waals surface area (Å²) in [6.45, 7) is 0.511. The van der Waals surface area contributed by atoms with Gasteiger partial charge in [-0.05, 0) is 43.2 Å². The van der Waals surface area contributed by atoms with E-state index in [1.54, 1.807) is 7.11 Å². The predicted octanol–water partition coefficient (Wildman–Crippen LogP) is 2.15. The molecule has 0 radical (unpaired) electrons. The zero-order chi connectivity index (χ0) is 14.2. The fraction of sp³-hybridized carbons (Fsp3) is 0.647. The Bertz CT molecular complexity index is 490. The number of fused-ring (bicyclic) bond motifs is 1. The number of aryl methyl sites for hydroxylation is 1. The molecule has 1 saturated carbocycles. The van der Waals surface area contributed by atoms with Crippen molar-refractivity contribution in [1.29, 1.82) is 0 Å². The third-order valence-electron chi connectivity index (χ3n) is 5.61. The number of nitrogens with two attached hydrogens (primary N) is 1. The SMILES string of the molecule is COC1CCCC(O)(C2(CN)CCc3ccccc32)C1. The highest BCUT2D eigenvalue weighted by molar-refractivity contribution is 5.43. The molecule has 3 nitrogen and oxygen atoms in total. The average Bonchev–Trinajstić information content (AvgIpc) is 2.88. The van der Waals surface area contributed by atoms with Crippen molar-refractivity contribution in [2.24, 2.45) is 5.73 Å². The van der Waals surface area contributed by atoms with E-state index >= 15 is 0 Å². The topological polar surface area (TPSA) is 55.5 Å². The van der Waals surface area contributed by atoms with Gasteiger partial charge in [0.25, 0.3) is 0 Å². The molecule has 20 heavy (non-hydrogen) atoms. The van der Waals surface area contributed by atoms with Crippen LogP contribution in [-0.2, 0) is 16.6 Å². The maximum absolute atomic E-state index is 11.4. The van der Waals surface area contributed by atoms with Crippen LogP contribution in [0.4, 0.5) is 0 Å². The van der Waals surface area contributed by atoms with Crippen LogP contribution in [0.25, 0.3) is 0 Å². The van der Waals surface area contributed by atoms with Crippen LogP contribution in [0.15, 0.2) is 24.3 Å². The van der Waals surface area contributed by atoms with E-state index in [9.17, 15) is 5.11 Å². The molecule has 3 unspecified atom stereocenters. The highest BCUT2D eigenvalue weighted by atomic mass is 16.5. The Morgan fingerprint density at radius 2 is 2.15 bits per heavy atom. The lowest BCUT2D eigenvalue weighted by Crippen LogP contribution is -2.57. The van der Waals surface area contributed by atoms with Gasteiger partial charge in [0, 0.05) is 25.5 Å². The highest BCUT2D eigenvalue weighted by Gasteiger charge is 2.54. The quantitative estimate of drug-likeness (QED) is 0.888. The summed E-state index contributed by atoms with van der Waals surface area (Å²) in [5.41, 5.74) is 7.78. The van der Waals surface area contributed by atoms with Gasteiger partial charge in [-0.3, -0.25) is 0 Å². The van der Waals surface area contributed by atoms with Crippen LogP contribution in [0.1, 0.15) is 43.2 Å². The lowest BCUT2D eigenvalue weighted by atomic mass is 9.61. The minimum atomic E-state index is -0.729. The van der Waals surface area contributed by atoms with E-state index in [4.69, 9.17) is 10.5 Å². The van der Waals surface area contributed by atoms with Crippen LogP contribution in [-0.4, -0.2) is 30.5 Å². The molecule has 1 fully saturated rings. The Morgan fingerprint density at radius 1 is 1.35 bits per heavy atom. The molecular weight excluding hydrogens is 250 g/mol. The average molecular weight is 275 g/mol. The van der Waals surface area contributed by atoms with Crippen LogP contribution in [0.2, 0.25) is 0 Å². The summed E-state index contributed by atoms with van der Waals surface area (Å²) < 4.78 is 5.52. The van der Waals surface area contributed by atoms with Gasteiger partial charge < -0.3 is 15.6 Å². The van der Waals surface area contributed by atoms with Crippen molar-refractivity contribution < 1.29 is 9.84 Å². The summed E-state index contributed by atoms with van der Waals surface area (Å²) in [4.78, 5) is 0. The molecule has 0 saturated heterocycles. The lowest BCUT2D eigenvalue weighted by Gasteiger charge is -2.49. The normalized spacial score (nSPS) is 36.9. The zero-order valence-electron chi connectivity index (χ0n) is 12.3. The molecular formula is C17H25NO2. The standard InChI is InChI=1S/C17H25NO2/c1-20-14-6-4-9-17(19,11-14)16(12-18)10-8-13-5-2-3-7-15(13)16/h2-3,5,7,14,19H,4,6,8-12,18H2,1H3. The maximum atomic E-state index is 11.4. The molecule has 3 N–H and O–H groups in total. The fourth-order valence-electron chi connectivity index (χ4n) is 4.41. The Kier molecular flexibility index (Phi) is 3.61. The number of ether oxygens (including phenoxy) is 1. The molecule has 1 aromatic rings. The molecule has 0 heterocycles. The molecule has 3 atom stereocenters. The van der Waals surface area contributed by atoms with Gasteiger partial charge in [-0.2, -0.15) is 0 Å². The number of methoxy groups -OCH3 is 1. The number of hydrogen-bond donors (Lipinski definition) is 2. The first-order chi connectivity index (χ1) is 9.65. The van der Waals surface area contributed by atoms with E-state index in [2.05, 4.69) is 24.3 Å². The third kappa shape index (κ3) is 1.92. The summed E-state index contributed by atoms with van der Waals surface area (Å²) in [5, 5.41) is 11.4. The van der Waals surface area contributed by atoms with Crippen molar-refractivity contribution >= 4 is 0 Å². The smallest absolute Gasteiger partial charge is 0.0780 e. The van der Waals surface area contributed by atoms with Crippen LogP contribution >= 0.6 is 0 Å². The highest BCUT2D eigenvalue weighted by Crippen LogP contribution is 2.51. The van der Waals surface area contributed by atoms with Gasteiger partial charge in [0.1, 0.15) is 0 Å². The second-order valence-corrected chi connectivity index (χ2v) is 6.43. The Morgan fingerprint density at radius 3 is 2.90 bits per heavy atom. The second-order valence-electron chi connectivity index (χ2n) is 6.43. The minimum absolute atomic E-state index is 0.157. The van der Waals surface area contributed by atoms with E-state index < -0.39 is 5.60 Å². The molecule has 0 aromatic heterocycles. The van der Waals surface area contributed by atoms with Crippen LogP contribution in [0.5, 0.6) is 0 Å². The lowest BCUT2D eigenvalue weighted by molar-refractivity contribution is -0.106. The fourth-order valence-corrected chi connectivity index (χ4v) is 4.41. The Hall–Kier alpha value is -0.900. The molecule has 110 valence electrons. The summed E-state index contributed by atoms with van der Waals surface area (Å²) in [6, 6.07) is 8.47. The zero-order valence-corrected chi connectivity index (χ0v) is 12.3. The third-order valence-corrected chi connectivity index (χ3v) is 5.61. The molecule has 1 aromatic carbocycles. The van der Waals surface area contributed by atoms with Gasteiger partial charge in [0.05, 0.1) is 11.7 Å². The minimum Gasteiger partial charge on any atom is -0.389 e. The molecule has 2 aliphatic rings. The van der Waals surface area contributed by atoms with Gasteiger partial charge in [0.15, 0.2) is 0 Å². The molecule has 2 aliphatic carbocycles. The first kappa shape index (κ1) is 14.1. The molecule has 0 aliphatic heterocycles. The second kappa shape index (κ2) is 5.14. The molecule has 3 heteroatoms. The summed E-state index contributed by atoms with van der Waals surface area (Å²) in [7, 11) is 1.74. The first-order valence-corrected chi connectivity index (χ1v) is 7.69. The van der Waals surface area contributed by atoms with E-state index in [0.29, 0.717) is 13.0 Å². The van der Waals surface area contributed by atoms with Gasteiger partial charge in [-0.15, -0.1) is 0 Å². The van der Waals surface area contributed by atoms with Crippen molar-refractivity contribution in [2.75, 3.05) is 13.7 Å². The number of benzene rings is 1. The largest absolute Gasteiger partial charge is 0.389 e. The predicted molar refractivity (Wildman–Crippen MR) is 79.7 cm³/mol.